The van der Waals surface area contributed by atoms with Crippen LogP contribution in [0.1, 0.15) is 18.4 Å². The van der Waals surface area contributed by atoms with E-state index in [-0.39, 0.29) is 6.79 Å². The van der Waals surface area contributed by atoms with E-state index in [1.807, 2.05) is 24.3 Å². The van der Waals surface area contributed by atoms with Gasteiger partial charge in [-0.3, -0.25) is 4.31 Å². The monoisotopic (exact) mass is 629 g/mol. The lowest BCUT2D eigenvalue weighted by Gasteiger charge is -2.36. The Balaban J connectivity index is 1.25. The first kappa shape index (κ1) is 26.9. The fraction of sp³-hybridized carbons (Fsp3) is 0.407. The van der Waals surface area contributed by atoms with Crippen LogP contribution in [-0.4, -0.2) is 76.1 Å². The fourth-order valence-corrected chi connectivity index (χ4v) is 6.83. The predicted molar refractivity (Wildman–Crippen MR) is 160 cm³/mol. The minimum Gasteiger partial charge on any atom is -0.451 e. The average molecular weight is 631 g/mol. The smallest absolute Gasteiger partial charge is 0.232 e. The molecule has 0 saturated carbocycles. The van der Waals surface area contributed by atoms with Gasteiger partial charge in [-0.05, 0) is 73.1 Å². The average Bonchev–Trinajstić information content (AvgIpc) is 3.59. The molecule has 0 bridgehead atoms. The van der Waals surface area contributed by atoms with Crippen LogP contribution in [0.15, 0.2) is 41.0 Å². The molecule has 2 N–H and O–H groups in total. The van der Waals surface area contributed by atoms with Gasteiger partial charge in [0.1, 0.15) is 5.82 Å². The van der Waals surface area contributed by atoms with E-state index in [1.165, 1.54) is 10.6 Å². The van der Waals surface area contributed by atoms with Gasteiger partial charge in [0, 0.05) is 31.9 Å². The molecule has 2 aromatic carbocycles. The summed E-state index contributed by atoms with van der Waals surface area (Å²) in [6, 6.07) is 10.3. The molecule has 0 aliphatic carbocycles. The maximum absolute atomic E-state index is 12.4. The molecule has 212 valence electrons. The molecule has 0 atom stereocenters. The molecule has 0 unspecified atom stereocenters. The van der Waals surface area contributed by atoms with Gasteiger partial charge in [0.05, 0.1) is 33.5 Å². The lowest BCUT2D eigenvalue weighted by molar-refractivity contribution is 0.174. The number of rotatable bonds is 7. The number of anilines is 6. The third-order valence-electron chi connectivity index (χ3n) is 7.63. The normalized spacial score (nSPS) is 16.9. The number of fused-ring (bicyclic) bond motifs is 2. The van der Waals surface area contributed by atoms with Crippen molar-refractivity contribution >= 4 is 60.5 Å². The van der Waals surface area contributed by atoms with Gasteiger partial charge in [0.25, 0.3) is 0 Å². The van der Waals surface area contributed by atoms with E-state index in [0.717, 1.165) is 42.9 Å². The second kappa shape index (κ2) is 10.6. The maximum Gasteiger partial charge on any atom is 0.232 e. The lowest BCUT2D eigenvalue weighted by Crippen LogP contribution is -2.42. The molecule has 0 spiro atoms. The van der Waals surface area contributed by atoms with Gasteiger partial charge in [-0.2, -0.15) is 4.98 Å². The molecule has 40 heavy (non-hydrogen) atoms. The van der Waals surface area contributed by atoms with Gasteiger partial charge in [0.2, 0.25) is 22.8 Å². The topological polar surface area (TPSA) is 112 Å². The van der Waals surface area contributed by atoms with E-state index in [0.29, 0.717) is 58.1 Å². The van der Waals surface area contributed by atoms with Gasteiger partial charge in [-0.25, -0.2) is 13.4 Å². The number of hydrogen-bond donors (Lipinski definition) is 2. The number of aromatic nitrogens is 2. The zero-order valence-corrected chi connectivity index (χ0v) is 25.0. The molecule has 3 aromatic rings. The summed E-state index contributed by atoms with van der Waals surface area (Å²) in [7, 11) is 0.863. The molecule has 3 aliphatic rings. The molecule has 6 rings (SSSR count). The molecular weight excluding hydrogens is 598 g/mol. The van der Waals surface area contributed by atoms with Crippen LogP contribution >= 0.6 is 15.9 Å². The number of piperidine rings is 1. The van der Waals surface area contributed by atoms with Crippen LogP contribution in [0, 0.1) is 0 Å². The van der Waals surface area contributed by atoms with Crippen molar-refractivity contribution in [2.75, 3.05) is 66.6 Å². The number of nitrogens with one attached hydrogen (secondary N) is 2. The van der Waals surface area contributed by atoms with Crippen molar-refractivity contribution in [1.82, 2.24) is 14.9 Å². The second-order valence-electron chi connectivity index (χ2n) is 10.4. The van der Waals surface area contributed by atoms with E-state index in [2.05, 4.69) is 66.5 Å². The van der Waals surface area contributed by atoms with Crippen LogP contribution in [0.4, 0.5) is 34.5 Å². The number of nitrogens with zero attached hydrogens (tertiary/aromatic N) is 5. The first-order valence-electron chi connectivity index (χ1n) is 13.2. The zero-order valence-electron chi connectivity index (χ0n) is 22.6. The van der Waals surface area contributed by atoms with E-state index < -0.39 is 10.0 Å². The Morgan fingerprint density at radius 2 is 1.80 bits per heavy atom. The predicted octanol–water partition coefficient (Wildman–Crippen LogP) is 4.31. The first-order valence-corrected chi connectivity index (χ1v) is 15.8. The molecule has 1 aromatic heterocycles. The summed E-state index contributed by atoms with van der Waals surface area (Å²) in [5.74, 6) is 2.22. The summed E-state index contributed by atoms with van der Waals surface area (Å²) < 4.78 is 38.7. The number of hydrogen-bond acceptors (Lipinski definition) is 10. The Kier molecular flexibility index (Phi) is 7.13. The Morgan fingerprint density at radius 3 is 2.55 bits per heavy atom. The minimum atomic E-state index is -3.41. The third-order valence-corrected chi connectivity index (χ3v) is 9.38. The van der Waals surface area contributed by atoms with Crippen molar-refractivity contribution in [3.8, 4) is 11.5 Å². The summed E-state index contributed by atoms with van der Waals surface area (Å²) in [4.78, 5) is 13.8. The zero-order chi connectivity index (χ0) is 28.0. The van der Waals surface area contributed by atoms with Crippen molar-refractivity contribution in [2.24, 2.45) is 0 Å². The second-order valence-corrected chi connectivity index (χ2v) is 13.2. The Hall–Kier alpha value is -3.29. The quantitative estimate of drug-likeness (QED) is 0.392. The molecule has 11 nitrogen and oxygen atoms in total. The highest BCUT2D eigenvalue weighted by Crippen LogP contribution is 2.47. The van der Waals surface area contributed by atoms with Crippen LogP contribution < -0.4 is 29.3 Å². The number of para-hydroxylation sites is 1. The van der Waals surface area contributed by atoms with Crippen molar-refractivity contribution in [3.05, 3.63) is 46.6 Å². The molecule has 0 amide bonds. The van der Waals surface area contributed by atoms with Gasteiger partial charge in [0.15, 0.2) is 11.5 Å². The lowest BCUT2D eigenvalue weighted by atomic mass is 10.0. The van der Waals surface area contributed by atoms with Gasteiger partial charge in [-0.15, -0.1) is 0 Å². The summed E-state index contributed by atoms with van der Waals surface area (Å²) in [5, 5.41) is 6.58. The summed E-state index contributed by atoms with van der Waals surface area (Å²) in [6.07, 6.45) is 5.72. The minimum absolute atomic E-state index is 0.152. The largest absolute Gasteiger partial charge is 0.451 e. The highest BCUT2D eigenvalue weighted by atomic mass is 79.9. The van der Waals surface area contributed by atoms with Crippen molar-refractivity contribution in [2.45, 2.75) is 25.3 Å². The van der Waals surface area contributed by atoms with E-state index in [9.17, 15) is 8.42 Å². The van der Waals surface area contributed by atoms with E-state index in [4.69, 9.17) is 9.47 Å². The highest BCUT2D eigenvalue weighted by Gasteiger charge is 2.30. The van der Waals surface area contributed by atoms with Crippen molar-refractivity contribution < 1.29 is 17.9 Å². The Morgan fingerprint density at radius 1 is 1.02 bits per heavy atom. The molecule has 3 aliphatic heterocycles. The van der Waals surface area contributed by atoms with Crippen LogP contribution in [0.5, 0.6) is 11.5 Å². The molecule has 4 heterocycles. The molecular formula is C27H32BrN7O4S. The number of benzene rings is 2. The summed E-state index contributed by atoms with van der Waals surface area (Å²) >= 11 is 3.52. The number of ether oxygens (including phenoxy) is 2. The fourth-order valence-electron chi connectivity index (χ4n) is 5.57. The number of halogens is 1. The van der Waals surface area contributed by atoms with Crippen molar-refractivity contribution in [3.63, 3.8) is 0 Å². The Labute approximate surface area is 242 Å². The highest BCUT2D eigenvalue weighted by molar-refractivity contribution is 9.10. The van der Waals surface area contributed by atoms with Gasteiger partial charge in [-0.1, -0.05) is 12.1 Å². The van der Waals surface area contributed by atoms with Crippen LogP contribution in [0.25, 0.3) is 0 Å². The van der Waals surface area contributed by atoms with Crippen LogP contribution in [0.2, 0.25) is 0 Å². The van der Waals surface area contributed by atoms with E-state index >= 15 is 0 Å². The van der Waals surface area contributed by atoms with Gasteiger partial charge >= 0.3 is 0 Å². The molecule has 1 fully saturated rings. The SMILES string of the molecule is CN(C)C1CCN(c2ccc(Nc3ncc(Br)c(Nc4cccc5c4N(S(C)(=O)=O)CC5)n3)c3c2OCO3)CC1. The third kappa shape index (κ3) is 5.13. The Bertz CT molecular complexity index is 1540. The van der Waals surface area contributed by atoms with Crippen molar-refractivity contribution in [1.29, 1.82) is 0 Å². The summed E-state index contributed by atoms with van der Waals surface area (Å²) in [6.45, 7) is 2.48. The molecule has 13 heteroatoms. The standard InChI is InChI=1S/C27H32BrN7O4S/c1-33(2)18-10-12-34(13-11-18)22-8-7-21(24-25(22)39-16-38-24)31-27-29-15-19(28)26(32-27)30-20-6-4-5-17-9-14-35(23(17)20)40(3,36)37/h4-8,15,18H,9-14,16H2,1-3H3,(H2,29,30,31,32). The van der Waals surface area contributed by atoms with Crippen LogP contribution in [-0.2, 0) is 16.4 Å². The maximum atomic E-state index is 12.4. The van der Waals surface area contributed by atoms with Crippen LogP contribution in [0.3, 0.4) is 0 Å². The molecule has 1 saturated heterocycles. The number of sulfonamides is 1. The van der Waals surface area contributed by atoms with E-state index in [1.54, 1.807) is 6.20 Å². The van der Waals surface area contributed by atoms with Gasteiger partial charge < -0.3 is 29.9 Å². The first-order chi connectivity index (χ1) is 19.2. The summed E-state index contributed by atoms with van der Waals surface area (Å²) in [5.41, 5.74) is 4.02. The molecule has 0 radical (unpaired) electrons.